The van der Waals surface area contributed by atoms with Crippen molar-refractivity contribution in [2.45, 2.75) is 20.4 Å². The van der Waals surface area contributed by atoms with E-state index in [0.29, 0.717) is 6.54 Å². The van der Waals surface area contributed by atoms with Crippen molar-refractivity contribution >= 4 is 11.9 Å². The molecule has 0 saturated carbocycles. The molecule has 0 radical (unpaired) electrons. The monoisotopic (exact) mass is 297 g/mol. The molecule has 8 heteroatoms. The third-order valence-electron chi connectivity index (χ3n) is 3.22. The Morgan fingerprint density at radius 2 is 2.00 bits per heavy atom. The first-order chi connectivity index (χ1) is 9.77. The maximum Gasteiger partial charge on any atom is 0.331 e. The van der Waals surface area contributed by atoms with E-state index in [-0.39, 0.29) is 19.0 Å². The van der Waals surface area contributed by atoms with Gasteiger partial charge in [-0.2, -0.15) is 0 Å². The number of aliphatic carboxylic acids is 1. The summed E-state index contributed by atoms with van der Waals surface area (Å²) in [6, 6.07) is 1.20. The van der Waals surface area contributed by atoms with Crippen LogP contribution in [0.25, 0.3) is 0 Å². The number of rotatable bonds is 6. The Morgan fingerprint density at radius 1 is 1.38 bits per heavy atom. The zero-order chi connectivity index (χ0) is 16.2. The van der Waals surface area contributed by atoms with Crippen molar-refractivity contribution in [1.82, 2.24) is 14.0 Å². The van der Waals surface area contributed by atoms with Gasteiger partial charge in [0, 0.05) is 32.4 Å². The molecule has 0 bridgehead atoms. The average Bonchev–Trinajstić information content (AvgIpc) is 2.44. The van der Waals surface area contributed by atoms with Gasteiger partial charge in [0.15, 0.2) is 0 Å². The van der Waals surface area contributed by atoms with Gasteiger partial charge in [0.1, 0.15) is 6.54 Å². The van der Waals surface area contributed by atoms with Crippen LogP contribution in [0.2, 0.25) is 0 Å². The number of likely N-dealkylation sites (N-methyl/N-ethyl adjacent to an activating group) is 1. The molecule has 8 nitrogen and oxygen atoms in total. The Bertz CT molecular complexity index is 646. The highest BCUT2D eigenvalue weighted by molar-refractivity contribution is 5.77. The zero-order valence-electron chi connectivity index (χ0n) is 12.3. The molecule has 1 heterocycles. The highest BCUT2D eigenvalue weighted by atomic mass is 16.4. The lowest BCUT2D eigenvalue weighted by molar-refractivity contribution is -0.143. The molecule has 0 aliphatic heterocycles. The number of carbonyl (C=O) groups excluding carboxylic acids is 1. The summed E-state index contributed by atoms with van der Waals surface area (Å²) in [5, 5.41) is 8.88. The SMILES string of the molecule is CCN(CC(C)C(=O)O)C(=O)Cn1ccc(=O)n(C)c1=O. The molecule has 0 aliphatic carbocycles. The van der Waals surface area contributed by atoms with E-state index < -0.39 is 23.1 Å². The number of carboxylic acids is 1. The third-order valence-corrected chi connectivity index (χ3v) is 3.22. The molecule has 1 rings (SSSR count). The van der Waals surface area contributed by atoms with Crippen LogP contribution < -0.4 is 11.2 Å². The van der Waals surface area contributed by atoms with E-state index in [0.717, 1.165) is 9.13 Å². The molecule has 0 saturated heterocycles. The number of hydrogen-bond acceptors (Lipinski definition) is 4. The highest BCUT2D eigenvalue weighted by Gasteiger charge is 2.20. The largest absolute Gasteiger partial charge is 0.481 e. The predicted octanol–water partition coefficient (Wildman–Crippen LogP) is -0.884. The topological polar surface area (TPSA) is 102 Å². The molecule has 0 aromatic carbocycles. The van der Waals surface area contributed by atoms with Crippen LogP contribution in [-0.2, 0) is 23.2 Å². The van der Waals surface area contributed by atoms with E-state index >= 15 is 0 Å². The van der Waals surface area contributed by atoms with Gasteiger partial charge in [-0.15, -0.1) is 0 Å². The fourth-order valence-electron chi connectivity index (χ4n) is 1.80. The molecular formula is C13H19N3O5. The summed E-state index contributed by atoms with van der Waals surface area (Å²) in [5.41, 5.74) is -1.03. The summed E-state index contributed by atoms with van der Waals surface area (Å²) < 4.78 is 2.03. The average molecular weight is 297 g/mol. The lowest BCUT2D eigenvalue weighted by atomic mass is 10.1. The van der Waals surface area contributed by atoms with Crippen LogP contribution in [0.5, 0.6) is 0 Å². The van der Waals surface area contributed by atoms with Crippen molar-refractivity contribution in [3.8, 4) is 0 Å². The lowest BCUT2D eigenvalue weighted by Gasteiger charge is -2.23. The molecule has 1 aromatic rings. The van der Waals surface area contributed by atoms with Gasteiger partial charge in [-0.05, 0) is 6.92 Å². The van der Waals surface area contributed by atoms with Crippen molar-refractivity contribution < 1.29 is 14.7 Å². The van der Waals surface area contributed by atoms with Gasteiger partial charge in [-0.3, -0.25) is 23.5 Å². The fourth-order valence-corrected chi connectivity index (χ4v) is 1.80. The van der Waals surface area contributed by atoms with Crippen LogP contribution in [0.4, 0.5) is 0 Å². The van der Waals surface area contributed by atoms with E-state index in [4.69, 9.17) is 5.11 Å². The van der Waals surface area contributed by atoms with Crippen LogP contribution >= 0.6 is 0 Å². The summed E-state index contributed by atoms with van der Waals surface area (Å²) in [4.78, 5) is 47.4. The fraction of sp³-hybridized carbons (Fsp3) is 0.538. The highest BCUT2D eigenvalue weighted by Crippen LogP contribution is 2.01. The second kappa shape index (κ2) is 6.87. The molecule has 1 aromatic heterocycles. The third kappa shape index (κ3) is 4.04. The Balaban J connectivity index is 2.89. The number of hydrogen-bond donors (Lipinski definition) is 1. The smallest absolute Gasteiger partial charge is 0.331 e. The van der Waals surface area contributed by atoms with Crippen LogP contribution in [-0.4, -0.2) is 44.1 Å². The maximum atomic E-state index is 12.1. The first-order valence-corrected chi connectivity index (χ1v) is 6.55. The van der Waals surface area contributed by atoms with Gasteiger partial charge in [-0.1, -0.05) is 6.92 Å². The van der Waals surface area contributed by atoms with Crippen molar-refractivity contribution in [1.29, 1.82) is 0 Å². The Kier molecular flexibility index (Phi) is 5.45. The van der Waals surface area contributed by atoms with Gasteiger partial charge in [0.2, 0.25) is 5.91 Å². The second-order valence-electron chi connectivity index (χ2n) is 4.80. The summed E-state index contributed by atoms with van der Waals surface area (Å²) in [5.74, 6) is -2.04. The summed E-state index contributed by atoms with van der Waals surface area (Å²) in [6.07, 6.45) is 1.26. The van der Waals surface area contributed by atoms with E-state index in [1.165, 1.54) is 31.1 Å². The van der Waals surface area contributed by atoms with Crippen molar-refractivity contribution in [3.63, 3.8) is 0 Å². The first kappa shape index (κ1) is 16.7. The lowest BCUT2D eigenvalue weighted by Crippen LogP contribution is -2.43. The van der Waals surface area contributed by atoms with Gasteiger partial charge < -0.3 is 10.0 Å². The van der Waals surface area contributed by atoms with Crippen LogP contribution in [0.3, 0.4) is 0 Å². The molecule has 116 valence electrons. The number of aromatic nitrogens is 2. The van der Waals surface area contributed by atoms with Crippen LogP contribution in [0.1, 0.15) is 13.8 Å². The number of amides is 1. The molecule has 1 N–H and O–H groups in total. The Labute approximate surface area is 121 Å². The van der Waals surface area contributed by atoms with Crippen molar-refractivity contribution in [3.05, 3.63) is 33.1 Å². The predicted molar refractivity (Wildman–Crippen MR) is 75.0 cm³/mol. The van der Waals surface area contributed by atoms with Gasteiger partial charge in [0.05, 0.1) is 5.92 Å². The van der Waals surface area contributed by atoms with Crippen molar-refractivity contribution in [2.24, 2.45) is 13.0 Å². The summed E-state index contributed by atoms with van der Waals surface area (Å²) in [7, 11) is 1.33. The quantitative estimate of drug-likeness (QED) is 0.734. The van der Waals surface area contributed by atoms with Gasteiger partial charge >= 0.3 is 11.7 Å². The maximum absolute atomic E-state index is 12.1. The van der Waals surface area contributed by atoms with Crippen LogP contribution in [0.15, 0.2) is 21.9 Å². The van der Waals surface area contributed by atoms with E-state index in [2.05, 4.69) is 0 Å². The van der Waals surface area contributed by atoms with E-state index in [1.807, 2.05) is 0 Å². The van der Waals surface area contributed by atoms with E-state index in [1.54, 1.807) is 6.92 Å². The minimum Gasteiger partial charge on any atom is -0.481 e. The molecule has 0 fully saturated rings. The molecule has 0 spiro atoms. The molecule has 21 heavy (non-hydrogen) atoms. The minimum atomic E-state index is -0.986. The van der Waals surface area contributed by atoms with Crippen molar-refractivity contribution in [2.75, 3.05) is 13.1 Å². The zero-order valence-corrected chi connectivity index (χ0v) is 12.3. The molecule has 1 unspecified atom stereocenters. The van der Waals surface area contributed by atoms with Gasteiger partial charge in [0.25, 0.3) is 5.56 Å². The number of carboxylic acid groups (broad SMARTS) is 1. The number of nitrogens with zero attached hydrogens (tertiary/aromatic N) is 3. The number of carbonyl (C=O) groups is 2. The van der Waals surface area contributed by atoms with Gasteiger partial charge in [-0.25, -0.2) is 4.79 Å². The minimum absolute atomic E-state index is 0.0746. The molecule has 1 atom stereocenters. The molecule has 1 amide bonds. The molecule has 0 aliphatic rings. The van der Waals surface area contributed by atoms with Crippen LogP contribution in [0, 0.1) is 5.92 Å². The standard InChI is InChI=1S/C13H19N3O5/c1-4-15(7-9(2)12(19)20)11(18)8-16-6-5-10(17)14(3)13(16)21/h5-6,9H,4,7-8H2,1-3H3,(H,19,20). The normalized spacial score (nSPS) is 12.0. The Morgan fingerprint density at radius 3 is 2.52 bits per heavy atom. The Hall–Kier alpha value is -2.38. The first-order valence-electron chi connectivity index (χ1n) is 6.55. The summed E-state index contributed by atoms with van der Waals surface area (Å²) >= 11 is 0. The van der Waals surface area contributed by atoms with E-state index in [9.17, 15) is 19.2 Å². The molecular weight excluding hydrogens is 278 g/mol. The second-order valence-corrected chi connectivity index (χ2v) is 4.80. The summed E-state index contributed by atoms with van der Waals surface area (Å²) in [6.45, 7) is 3.43.